The number of aromatic amines is 1. The molecular weight excluding hydrogens is 323 g/mol. The molecule has 128 valence electrons. The van der Waals surface area contributed by atoms with Crippen LogP contribution in [0.4, 0.5) is 10.1 Å². The third kappa shape index (κ3) is 3.35. The second kappa shape index (κ2) is 6.72. The molecule has 0 saturated carbocycles. The Bertz CT molecular complexity index is 912. The zero-order valence-electron chi connectivity index (χ0n) is 13.8. The molecule has 7 heteroatoms. The van der Waals surface area contributed by atoms with E-state index in [-0.39, 0.29) is 18.4 Å². The molecule has 0 spiro atoms. The van der Waals surface area contributed by atoms with Crippen molar-refractivity contribution in [1.29, 1.82) is 0 Å². The molecule has 2 aromatic rings. The van der Waals surface area contributed by atoms with Gasteiger partial charge in [0.2, 0.25) is 5.91 Å². The zero-order chi connectivity index (χ0) is 18.0. The molecule has 0 unspecified atom stereocenters. The third-order valence-electron chi connectivity index (χ3n) is 3.86. The highest BCUT2D eigenvalue weighted by Crippen LogP contribution is 2.37. The molecule has 2 amide bonds. The van der Waals surface area contributed by atoms with Crippen LogP contribution in [0.15, 0.2) is 24.5 Å². The summed E-state index contributed by atoms with van der Waals surface area (Å²) in [5, 5.41) is 5.35. The van der Waals surface area contributed by atoms with Crippen molar-refractivity contribution < 1.29 is 14.0 Å². The summed E-state index contributed by atoms with van der Waals surface area (Å²) in [4.78, 5) is 30.4. The zero-order valence-corrected chi connectivity index (χ0v) is 13.8. The second-order valence-electron chi connectivity index (χ2n) is 5.65. The molecule has 0 saturated heterocycles. The number of nitrogens with zero attached hydrogens (tertiary/aromatic N) is 1. The normalized spacial score (nSPS) is 14.8. The summed E-state index contributed by atoms with van der Waals surface area (Å²) in [7, 11) is 0. The molecule has 1 aliphatic heterocycles. The van der Waals surface area contributed by atoms with Gasteiger partial charge in [0.25, 0.3) is 5.91 Å². The molecule has 2 heterocycles. The molecule has 6 nitrogen and oxygen atoms in total. The largest absolute Gasteiger partial charge is 0.353 e. The molecule has 1 aromatic carbocycles. The minimum atomic E-state index is -0.445. The van der Waals surface area contributed by atoms with Gasteiger partial charge in [0.15, 0.2) is 0 Å². The average Bonchev–Trinajstić information content (AvgIpc) is 3.10. The minimum Gasteiger partial charge on any atom is -0.353 e. The van der Waals surface area contributed by atoms with Crippen molar-refractivity contribution in [1.82, 2.24) is 15.3 Å². The molecule has 0 atom stereocenters. The Hall–Kier alpha value is -3.22. The van der Waals surface area contributed by atoms with Crippen molar-refractivity contribution in [2.75, 3.05) is 11.9 Å². The summed E-state index contributed by atoms with van der Waals surface area (Å²) < 4.78 is 14.4. The Kier molecular flexibility index (Phi) is 4.47. The maximum atomic E-state index is 14.4. The van der Waals surface area contributed by atoms with E-state index in [0.717, 1.165) is 5.69 Å². The fraction of sp³-hybridized carbons (Fsp3) is 0.167. The second-order valence-corrected chi connectivity index (χ2v) is 5.65. The van der Waals surface area contributed by atoms with Crippen LogP contribution in [0.1, 0.15) is 29.4 Å². The van der Waals surface area contributed by atoms with Crippen LogP contribution in [0.5, 0.6) is 0 Å². The molecule has 1 aliphatic rings. The molecule has 1 aromatic heterocycles. The number of halogens is 1. The number of aryl methyl sites for hydroxylation is 1. The smallest absolute Gasteiger partial charge is 0.256 e. The lowest BCUT2D eigenvalue weighted by Gasteiger charge is -2.06. The summed E-state index contributed by atoms with van der Waals surface area (Å²) in [6, 6.07) is 2.84. The first-order valence-electron chi connectivity index (χ1n) is 7.74. The van der Waals surface area contributed by atoms with E-state index in [4.69, 9.17) is 0 Å². The number of rotatable bonds is 4. The van der Waals surface area contributed by atoms with E-state index in [9.17, 15) is 14.0 Å². The maximum absolute atomic E-state index is 14.4. The quantitative estimate of drug-likeness (QED) is 0.748. The molecule has 25 heavy (non-hydrogen) atoms. The van der Waals surface area contributed by atoms with Crippen molar-refractivity contribution in [2.45, 2.75) is 13.8 Å². The van der Waals surface area contributed by atoms with Gasteiger partial charge in [-0.1, -0.05) is 12.2 Å². The third-order valence-corrected chi connectivity index (χ3v) is 3.86. The summed E-state index contributed by atoms with van der Waals surface area (Å²) in [6.07, 6.45) is 6.38. The van der Waals surface area contributed by atoms with Gasteiger partial charge in [-0.15, -0.1) is 0 Å². The monoisotopic (exact) mass is 340 g/mol. The van der Waals surface area contributed by atoms with Gasteiger partial charge < -0.3 is 15.6 Å². The molecule has 3 rings (SSSR count). The topological polar surface area (TPSA) is 86.9 Å². The molecule has 0 radical (unpaired) electrons. The van der Waals surface area contributed by atoms with E-state index >= 15 is 0 Å². The number of fused-ring (bicyclic) bond motifs is 1. The van der Waals surface area contributed by atoms with Crippen LogP contribution < -0.4 is 10.6 Å². The lowest BCUT2D eigenvalue weighted by molar-refractivity contribution is -0.118. The highest BCUT2D eigenvalue weighted by Gasteiger charge is 2.28. The first-order valence-corrected chi connectivity index (χ1v) is 7.74. The van der Waals surface area contributed by atoms with Crippen LogP contribution in [0.3, 0.4) is 0 Å². The standard InChI is InChI=1S/C18H17FN4O2/c1-10-16(22-9-21-10)8-13-17-12(4-3-7-20-11(2)24)14(19)5-6-15(17)23-18(13)25/h3-6,8-9H,7H2,1-2H3,(H,20,24)(H,21,22)(H,23,25)/b4-3?,13-8-. The predicted octanol–water partition coefficient (Wildman–Crippen LogP) is 2.50. The SMILES string of the molecule is CC(=O)NCC=Cc1c(F)ccc2c1/C(=C/c1nc[nH]c1C)C(=O)N2. The van der Waals surface area contributed by atoms with Crippen molar-refractivity contribution in [3.05, 3.63) is 52.9 Å². The van der Waals surface area contributed by atoms with E-state index in [1.807, 2.05) is 6.92 Å². The number of benzene rings is 1. The summed E-state index contributed by atoms with van der Waals surface area (Å²) >= 11 is 0. The summed E-state index contributed by atoms with van der Waals surface area (Å²) in [5.41, 5.74) is 3.12. The number of aromatic nitrogens is 2. The lowest BCUT2D eigenvalue weighted by Crippen LogP contribution is -2.19. The van der Waals surface area contributed by atoms with Crippen LogP contribution in [0.2, 0.25) is 0 Å². The van der Waals surface area contributed by atoms with Crippen molar-refractivity contribution >= 4 is 35.2 Å². The van der Waals surface area contributed by atoms with E-state index in [1.165, 1.54) is 25.4 Å². The number of imidazole rings is 1. The van der Waals surface area contributed by atoms with Crippen LogP contribution in [0.25, 0.3) is 17.7 Å². The minimum absolute atomic E-state index is 0.171. The first-order chi connectivity index (χ1) is 12.0. The average molecular weight is 340 g/mol. The maximum Gasteiger partial charge on any atom is 0.256 e. The molecule has 0 fully saturated rings. The number of anilines is 1. The Morgan fingerprint density at radius 2 is 2.20 bits per heavy atom. The summed E-state index contributed by atoms with van der Waals surface area (Å²) in [5.74, 6) is -0.923. The van der Waals surface area contributed by atoms with Gasteiger partial charge in [0.1, 0.15) is 5.82 Å². The lowest BCUT2D eigenvalue weighted by atomic mass is 9.98. The number of nitrogens with one attached hydrogen (secondary N) is 3. The first kappa shape index (κ1) is 16.6. The molecule has 0 bridgehead atoms. The van der Waals surface area contributed by atoms with Gasteiger partial charge in [0, 0.05) is 36.0 Å². The summed E-state index contributed by atoms with van der Waals surface area (Å²) in [6.45, 7) is 3.52. The van der Waals surface area contributed by atoms with Gasteiger partial charge in [-0.2, -0.15) is 0 Å². The van der Waals surface area contributed by atoms with E-state index < -0.39 is 5.82 Å². The van der Waals surface area contributed by atoms with Crippen LogP contribution in [0, 0.1) is 12.7 Å². The number of carbonyl (C=O) groups is 2. The van der Waals surface area contributed by atoms with Gasteiger partial charge >= 0.3 is 0 Å². The highest BCUT2D eigenvalue weighted by molar-refractivity contribution is 6.35. The Morgan fingerprint density at radius 1 is 1.40 bits per heavy atom. The number of hydrogen-bond acceptors (Lipinski definition) is 3. The van der Waals surface area contributed by atoms with E-state index in [2.05, 4.69) is 20.6 Å². The van der Waals surface area contributed by atoms with Gasteiger partial charge in [-0.3, -0.25) is 9.59 Å². The van der Waals surface area contributed by atoms with Crippen LogP contribution >= 0.6 is 0 Å². The predicted molar refractivity (Wildman–Crippen MR) is 93.9 cm³/mol. The fourth-order valence-electron chi connectivity index (χ4n) is 2.62. The van der Waals surface area contributed by atoms with Crippen molar-refractivity contribution in [3.8, 4) is 0 Å². The fourth-order valence-corrected chi connectivity index (χ4v) is 2.62. The highest BCUT2D eigenvalue weighted by atomic mass is 19.1. The number of carbonyl (C=O) groups excluding carboxylic acids is 2. The van der Waals surface area contributed by atoms with Crippen molar-refractivity contribution in [2.24, 2.45) is 0 Å². The van der Waals surface area contributed by atoms with Gasteiger partial charge in [-0.05, 0) is 25.1 Å². The Morgan fingerprint density at radius 3 is 2.88 bits per heavy atom. The number of hydrogen-bond donors (Lipinski definition) is 3. The molecule has 3 N–H and O–H groups in total. The van der Waals surface area contributed by atoms with Crippen LogP contribution in [-0.4, -0.2) is 28.3 Å². The molecular formula is C18H17FN4O2. The van der Waals surface area contributed by atoms with Gasteiger partial charge in [0.05, 0.1) is 17.6 Å². The Balaban J connectivity index is 2.04. The van der Waals surface area contributed by atoms with Crippen molar-refractivity contribution in [3.63, 3.8) is 0 Å². The van der Waals surface area contributed by atoms with E-state index in [1.54, 1.807) is 18.2 Å². The van der Waals surface area contributed by atoms with Crippen LogP contribution in [-0.2, 0) is 9.59 Å². The van der Waals surface area contributed by atoms with E-state index in [0.29, 0.717) is 28.1 Å². The Labute approximate surface area is 143 Å². The number of amides is 2. The number of H-pyrrole nitrogens is 1. The van der Waals surface area contributed by atoms with Gasteiger partial charge in [-0.25, -0.2) is 9.37 Å². The molecule has 0 aliphatic carbocycles.